The highest BCUT2D eigenvalue weighted by Crippen LogP contribution is 2.27. The minimum Gasteiger partial charge on any atom is -0.351 e. The quantitative estimate of drug-likeness (QED) is 0.685. The molecule has 2 N–H and O–H groups in total. The fraction of sp³-hybridized carbons (Fsp3) is 0.444. The number of carbonyl (C=O) groups excluding carboxylic acids is 1. The smallest absolute Gasteiger partial charge is 0.263 e. The summed E-state index contributed by atoms with van der Waals surface area (Å²) in [4.78, 5) is 19.9. The topological polar surface area (TPSA) is 57.3 Å². The third-order valence-corrected chi connectivity index (χ3v) is 5.45. The van der Waals surface area contributed by atoms with Crippen LogP contribution in [0.3, 0.4) is 0 Å². The molecule has 1 aliphatic rings. The van der Waals surface area contributed by atoms with Gasteiger partial charge in [0.25, 0.3) is 5.91 Å². The van der Waals surface area contributed by atoms with Gasteiger partial charge >= 0.3 is 0 Å². The highest BCUT2D eigenvalue weighted by molar-refractivity contribution is 7.17. The third kappa shape index (κ3) is 6.69. The van der Waals surface area contributed by atoms with E-state index in [1.54, 1.807) is 12.1 Å². The summed E-state index contributed by atoms with van der Waals surface area (Å²) in [7, 11) is 0. The molecule has 0 spiro atoms. The maximum atomic E-state index is 13.0. The number of nitrogens with zero attached hydrogens (tertiary/aromatic N) is 2. The maximum absolute atomic E-state index is 13.0. The molecule has 0 saturated carbocycles. The standard InChI is InChI=1S/C18H23FN4OS.2ClH/c1-13-16(25-18(22-13)14-3-5-15(19)6-4-14)17(24)21-7-2-10-23-11-8-20-9-12-23;;/h3-6,20H,2,7-12H2,1H3,(H,21,24);2*1H. The normalized spacial score (nSPS) is 14.1. The fourth-order valence-electron chi connectivity index (χ4n) is 2.84. The SMILES string of the molecule is Cc1nc(-c2ccc(F)cc2)sc1C(=O)NCCCN1CCNCC1.Cl.Cl. The van der Waals surface area contributed by atoms with E-state index in [9.17, 15) is 9.18 Å². The van der Waals surface area contributed by atoms with Gasteiger partial charge in [-0.05, 0) is 44.2 Å². The van der Waals surface area contributed by atoms with Gasteiger partial charge in [0.2, 0.25) is 0 Å². The molecule has 2 heterocycles. The third-order valence-electron chi connectivity index (χ3n) is 4.24. The number of hydrogen-bond acceptors (Lipinski definition) is 5. The number of nitrogens with one attached hydrogen (secondary N) is 2. The van der Waals surface area contributed by atoms with Gasteiger partial charge in [-0.15, -0.1) is 36.2 Å². The minimum atomic E-state index is -0.278. The van der Waals surface area contributed by atoms with Crippen molar-refractivity contribution < 1.29 is 9.18 Å². The van der Waals surface area contributed by atoms with Crippen molar-refractivity contribution in [2.24, 2.45) is 0 Å². The molecule has 1 fully saturated rings. The largest absolute Gasteiger partial charge is 0.351 e. The Bertz CT molecular complexity index is 721. The summed E-state index contributed by atoms with van der Waals surface area (Å²) in [5.74, 6) is -0.358. The zero-order chi connectivity index (χ0) is 17.6. The van der Waals surface area contributed by atoms with E-state index >= 15 is 0 Å². The van der Waals surface area contributed by atoms with Crippen LogP contribution in [0.4, 0.5) is 4.39 Å². The summed E-state index contributed by atoms with van der Waals surface area (Å²) in [6.45, 7) is 7.72. The molecule has 1 aliphatic heterocycles. The number of aromatic nitrogens is 1. The molecule has 1 amide bonds. The summed E-state index contributed by atoms with van der Waals surface area (Å²) < 4.78 is 13.0. The van der Waals surface area contributed by atoms with E-state index in [2.05, 4.69) is 20.5 Å². The van der Waals surface area contributed by atoms with Crippen LogP contribution < -0.4 is 10.6 Å². The molecule has 0 radical (unpaired) electrons. The van der Waals surface area contributed by atoms with Gasteiger partial charge in [-0.25, -0.2) is 9.37 Å². The van der Waals surface area contributed by atoms with Crippen molar-refractivity contribution in [1.82, 2.24) is 20.5 Å². The molecule has 150 valence electrons. The number of benzene rings is 1. The Balaban J connectivity index is 0.00000182. The highest BCUT2D eigenvalue weighted by atomic mass is 35.5. The summed E-state index contributed by atoms with van der Waals surface area (Å²) >= 11 is 1.35. The predicted molar refractivity (Wildman–Crippen MR) is 113 cm³/mol. The number of carbonyl (C=O) groups is 1. The van der Waals surface area contributed by atoms with Gasteiger partial charge in [-0.3, -0.25) is 4.79 Å². The maximum Gasteiger partial charge on any atom is 0.263 e. The van der Waals surface area contributed by atoms with E-state index in [-0.39, 0.29) is 36.5 Å². The number of amides is 1. The monoisotopic (exact) mass is 434 g/mol. The van der Waals surface area contributed by atoms with Crippen LogP contribution in [-0.2, 0) is 0 Å². The number of aryl methyl sites for hydroxylation is 1. The molecule has 0 unspecified atom stereocenters. The van der Waals surface area contributed by atoms with Crippen molar-refractivity contribution in [3.8, 4) is 10.6 Å². The molecule has 0 aliphatic carbocycles. The van der Waals surface area contributed by atoms with Crippen molar-refractivity contribution in [1.29, 1.82) is 0 Å². The average molecular weight is 435 g/mol. The lowest BCUT2D eigenvalue weighted by Gasteiger charge is -2.27. The van der Waals surface area contributed by atoms with Gasteiger partial charge < -0.3 is 15.5 Å². The molecule has 1 aromatic heterocycles. The number of hydrogen-bond donors (Lipinski definition) is 2. The van der Waals surface area contributed by atoms with Crippen molar-refractivity contribution in [2.45, 2.75) is 13.3 Å². The average Bonchev–Trinajstić information content (AvgIpc) is 3.02. The zero-order valence-electron chi connectivity index (χ0n) is 15.2. The van der Waals surface area contributed by atoms with Gasteiger partial charge in [-0.2, -0.15) is 0 Å². The Morgan fingerprint density at radius 3 is 2.59 bits per heavy atom. The van der Waals surface area contributed by atoms with Crippen LogP contribution >= 0.6 is 36.2 Å². The first-order valence-electron chi connectivity index (χ1n) is 8.58. The lowest BCUT2D eigenvalue weighted by Crippen LogP contribution is -2.44. The van der Waals surface area contributed by atoms with E-state index in [0.29, 0.717) is 17.1 Å². The first-order chi connectivity index (χ1) is 12.1. The second-order valence-electron chi connectivity index (χ2n) is 6.14. The Morgan fingerprint density at radius 1 is 1.26 bits per heavy atom. The predicted octanol–water partition coefficient (Wildman–Crippen LogP) is 3.13. The first kappa shape index (κ1) is 23.8. The van der Waals surface area contributed by atoms with Crippen LogP contribution in [0.1, 0.15) is 21.8 Å². The molecular weight excluding hydrogens is 410 g/mol. The van der Waals surface area contributed by atoms with Crippen molar-refractivity contribution in [3.63, 3.8) is 0 Å². The Morgan fingerprint density at radius 2 is 1.93 bits per heavy atom. The first-order valence-corrected chi connectivity index (χ1v) is 9.40. The van der Waals surface area contributed by atoms with E-state index in [0.717, 1.165) is 49.7 Å². The highest BCUT2D eigenvalue weighted by Gasteiger charge is 2.16. The molecule has 1 aromatic carbocycles. The summed E-state index contributed by atoms with van der Waals surface area (Å²) in [5.41, 5.74) is 1.54. The van der Waals surface area contributed by atoms with Crippen LogP contribution in [0.15, 0.2) is 24.3 Å². The molecule has 5 nitrogen and oxygen atoms in total. The zero-order valence-corrected chi connectivity index (χ0v) is 17.6. The number of thiazole rings is 1. The van der Waals surface area contributed by atoms with Crippen LogP contribution in [-0.4, -0.2) is 55.1 Å². The lowest BCUT2D eigenvalue weighted by molar-refractivity contribution is 0.0954. The Kier molecular flexibility index (Phi) is 10.2. The van der Waals surface area contributed by atoms with E-state index in [1.807, 2.05) is 6.92 Å². The summed E-state index contributed by atoms with van der Waals surface area (Å²) in [6, 6.07) is 6.18. The van der Waals surface area contributed by atoms with E-state index < -0.39 is 0 Å². The molecule has 0 bridgehead atoms. The Hall–Kier alpha value is -1.25. The van der Waals surface area contributed by atoms with Gasteiger partial charge in [0, 0.05) is 38.3 Å². The van der Waals surface area contributed by atoms with Gasteiger partial charge in [-0.1, -0.05) is 0 Å². The second-order valence-corrected chi connectivity index (χ2v) is 7.14. The molecular formula is C18H25Cl2FN4OS. The lowest BCUT2D eigenvalue weighted by atomic mass is 10.2. The summed E-state index contributed by atoms with van der Waals surface area (Å²) in [6.07, 6.45) is 0.939. The fourth-order valence-corrected chi connectivity index (χ4v) is 3.83. The number of rotatable bonds is 6. The minimum absolute atomic E-state index is 0. The molecule has 1 saturated heterocycles. The van der Waals surface area contributed by atoms with Crippen molar-refractivity contribution >= 4 is 42.1 Å². The number of piperazine rings is 1. The van der Waals surface area contributed by atoms with Gasteiger partial charge in [0.1, 0.15) is 15.7 Å². The van der Waals surface area contributed by atoms with Gasteiger partial charge in [0.05, 0.1) is 5.69 Å². The van der Waals surface area contributed by atoms with Crippen LogP contribution in [0.2, 0.25) is 0 Å². The van der Waals surface area contributed by atoms with Crippen molar-refractivity contribution in [2.75, 3.05) is 39.3 Å². The molecule has 27 heavy (non-hydrogen) atoms. The molecule has 3 rings (SSSR count). The van der Waals surface area contributed by atoms with E-state index in [4.69, 9.17) is 0 Å². The van der Waals surface area contributed by atoms with Crippen LogP contribution in [0.25, 0.3) is 10.6 Å². The molecule has 2 aromatic rings. The Labute approximate surface area is 175 Å². The van der Waals surface area contributed by atoms with Crippen LogP contribution in [0.5, 0.6) is 0 Å². The second kappa shape index (κ2) is 11.6. The van der Waals surface area contributed by atoms with Crippen molar-refractivity contribution in [3.05, 3.63) is 40.7 Å². The van der Waals surface area contributed by atoms with Crippen LogP contribution in [0, 0.1) is 12.7 Å². The van der Waals surface area contributed by atoms with E-state index in [1.165, 1.54) is 23.5 Å². The number of halogens is 3. The van der Waals surface area contributed by atoms with Gasteiger partial charge in [0.15, 0.2) is 0 Å². The molecule has 9 heteroatoms. The molecule has 0 atom stereocenters. The summed E-state index contributed by atoms with van der Waals surface area (Å²) in [5, 5.41) is 7.05.